The van der Waals surface area contributed by atoms with Crippen LogP contribution >= 0.6 is 0 Å². The molecular weight excluding hydrogens is 114 g/mol. The SMILES string of the molecule is CC(C(=O)O)N(O)O. The van der Waals surface area contributed by atoms with Crippen LogP contribution in [-0.4, -0.2) is 32.8 Å². The molecule has 0 saturated carbocycles. The van der Waals surface area contributed by atoms with Crippen LogP contribution in [0.2, 0.25) is 0 Å². The minimum absolute atomic E-state index is 0.359. The lowest BCUT2D eigenvalue weighted by Gasteiger charge is -2.08. The van der Waals surface area contributed by atoms with Crippen LogP contribution in [-0.2, 0) is 4.79 Å². The third kappa shape index (κ3) is 1.87. The molecule has 0 fully saturated rings. The Morgan fingerprint density at radius 1 is 1.62 bits per heavy atom. The van der Waals surface area contributed by atoms with Crippen molar-refractivity contribution < 1.29 is 20.3 Å². The molecule has 0 spiro atoms. The van der Waals surface area contributed by atoms with Gasteiger partial charge in [-0.1, -0.05) is 5.23 Å². The number of hydrogen-bond donors (Lipinski definition) is 3. The molecule has 5 nitrogen and oxygen atoms in total. The number of carboxylic acids is 1. The van der Waals surface area contributed by atoms with Crippen LogP contribution in [0.5, 0.6) is 0 Å². The maximum atomic E-state index is 9.78. The molecule has 0 aliphatic carbocycles. The molecule has 0 aromatic heterocycles. The zero-order chi connectivity index (χ0) is 6.73. The van der Waals surface area contributed by atoms with Crippen molar-refractivity contribution in [3.63, 3.8) is 0 Å². The second-order valence-corrected chi connectivity index (χ2v) is 1.33. The Hall–Kier alpha value is -0.650. The highest BCUT2D eigenvalue weighted by Crippen LogP contribution is 1.87. The van der Waals surface area contributed by atoms with E-state index in [2.05, 4.69) is 0 Å². The standard InChI is InChI=1S/C3H7NO4/c1-2(3(5)6)4(7)8/h2,7-8H,1H3,(H,5,6). The summed E-state index contributed by atoms with van der Waals surface area (Å²) in [5.74, 6) is -1.28. The molecule has 0 aliphatic rings. The van der Waals surface area contributed by atoms with E-state index < -0.39 is 12.0 Å². The highest BCUT2D eigenvalue weighted by molar-refractivity contribution is 5.72. The Morgan fingerprint density at radius 3 is 2.00 bits per heavy atom. The average molecular weight is 121 g/mol. The topological polar surface area (TPSA) is 81.0 Å². The molecule has 1 atom stereocenters. The van der Waals surface area contributed by atoms with Gasteiger partial charge in [0.15, 0.2) is 6.04 Å². The van der Waals surface area contributed by atoms with Gasteiger partial charge in [-0.25, -0.2) is 0 Å². The van der Waals surface area contributed by atoms with Gasteiger partial charge in [-0.3, -0.25) is 15.2 Å². The lowest BCUT2D eigenvalue weighted by molar-refractivity contribution is -0.324. The van der Waals surface area contributed by atoms with Crippen molar-refractivity contribution in [1.82, 2.24) is 5.23 Å². The maximum Gasteiger partial charge on any atom is 0.325 e. The molecule has 0 bridgehead atoms. The fourth-order valence-corrected chi connectivity index (χ4v) is 0.0988. The molecule has 0 amide bonds. The van der Waals surface area contributed by atoms with Crippen LogP contribution in [0.25, 0.3) is 0 Å². The number of aliphatic carboxylic acids is 1. The molecule has 5 heteroatoms. The molecule has 48 valence electrons. The van der Waals surface area contributed by atoms with E-state index in [-0.39, 0.29) is 5.23 Å². The van der Waals surface area contributed by atoms with Crippen LogP contribution in [0.1, 0.15) is 6.92 Å². The molecule has 3 N–H and O–H groups in total. The van der Waals surface area contributed by atoms with Crippen LogP contribution < -0.4 is 0 Å². The van der Waals surface area contributed by atoms with E-state index in [1.165, 1.54) is 0 Å². The van der Waals surface area contributed by atoms with Crippen LogP contribution in [0.15, 0.2) is 0 Å². The first-order valence-electron chi connectivity index (χ1n) is 1.95. The van der Waals surface area contributed by atoms with Gasteiger partial charge in [0.05, 0.1) is 0 Å². The van der Waals surface area contributed by atoms with Crippen molar-refractivity contribution in [2.45, 2.75) is 13.0 Å². The molecule has 1 unspecified atom stereocenters. The third-order valence-electron chi connectivity index (χ3n) is 0.704. The third-order valence-corrected chi connectivity index (χ3v) is 0.704. The van der Waals surface area contributed by atoms with Gasteiger partial charge in [-0.15, -0.1) is 0 Å². The number of nitrogens with zero attached hydrogens (tertiary/aromatic N) is 1. The zero-order valence-corrected chi connectivity index (χ0v) is 4.27. The first-order valence-corrected chi connectivity index (χ1v) is 1.95. The summed E-state index contributed by atoms with van der Waals surface area (Å²) in [6, 6.07) is -1.27. The molecule has 0 heterocycles. The molecule has 0 aliphatic heterocycles. The van der Waals surface area contributed by atoms with E-state index >= 15 is 0 Å². The van der Waals surface area contributed by atoms with Crippen molar-refractivity contribution in [2.75, 3.05) is 0 Å². The average Bonchev–Trinajstić information content (AvgIpc) is 1.64. The lowest BCUT2D eigenvalue weighted by atomic mass is 10.4. The Kier molecular flexibility index (Phi) is 2.40. The lowest BCUT2D eigenvalue weighted by Crippen LogP contribution is -2.33. The van der Waals surface area contributed by atoms with Gasteiger partial charge in [0, 0.05) is 0 Å². The highest BCUT2D eigenvalue weighted by atomic mass is 16.8. The zero-order valence-electron chi connectivity index (χ0n) is 4.27. The van der Waals surface area contributed by atoms with E-state index in [0.717, 1.165) is 6.92 Å². The predicted molar refractivity (Wildman–Crippen MR) is 22.5 cm³/mol. The molecule has 0 aromatic rings. The number of hydroxylamine groups is 2. The number of rotatable bonds is 2. The molecule has 8 heavy (non-hydrogen) atoms. The highest BCUT2D eigenvalue weighted by Gasteiger charge is 2.15. The largest absolute Gasteiger partial charge is 0.480 e. The summed E-state index contributed by atoms with van der Waals surface area (Å²) in [5.41, 5.74) is 0. The molecule has 0 aromatic carbocycles. The van der Waals surface area contributed by atoms with Gasteiger partial charge in [0.2, 0.25) is 0 Å². The summed E-state index contributed by atoms with van der Waals surface area (Å²) >= 11 is 0. The van der Waals surface area contributed by atoms with Gasteiger partial charge in [-0.2, -0.15) is 0 Å². The summed E-state index contributed by atoms with van der Waals surface area (Å²) in [6.07, 6.45) is 0. The van der Waals surface area contributed by atoms with E-state index in [9.17, 15) is 4.79 Å². The number of carboxylic acid groups (broad SMARTS) is 1. The van der Waals surface area contributed by atoms with Crippen molar-refractivity contribution in [2.24, 2.45) is 0 Å². The van der Waals surface area contributed by atoms with Gasteiger partial charge in [0.1, 0.15) is 0 Å². The van der Waals surface area contributed by atoms with Crippen molar-refractivity contribution in [3.8, 4) is 0 Å². The van der Waals surface area contributed by atoms with E-state index in [1.807, 2.05) is 0 Å². The quantitative estimate of drug-likeness (QED) is 0.431. The number of hydrogen-bond acceptors (Lipinski definition) is 4. The van der Waals surface area contributed by atoms with Crippen molar-refractivity contribution in [1.29, 1.82) is 0 Å². The summed E-state index contributed by atoms with van der Waals surface area (Å²) in [7, 11) is 0. The first-order chi connectivity index (χ1) is 3.55. The monoisotopic (exact) mass is 121 g/mol. The molecule has 0 saturated heterocycles. The van der Waals surface area contributed by atoms with Crippen LogP contribution in [0.4, 0.5) is 0 Å². The van der Waals surface area contributed by atoms with E-state index in [1.54, 1.807) is 0 Å². The van der Waals surface area contributed by atoms with Crippen LogP contribution in [0, 0.1) is 0 Å². The van der Waals surface area contributed by atoms with Gasteiger partial charge >= 0.3 is 5.97 Å². The molecular formula is C3H7NO4. The summed E-state index contributed by atoms with van der Waals surface area (Å²) in [4.78, 5) is 9.78. The van der Waals surface area contributed by atoms with Gasteiger partial charge in [0.25, 0.3) is 0 Å². The second kappa shape index (κ2) is 2.61. The second-order valence-electron chi connectivity index (χ2n) is 1.33. The van der Waals surface area contributed by atoms with Gasteiger partial charge in [-0.05, 0) is 6.92 Å². The fraction of sp³-hybridized carbons (Fsp3) is 0.667. The van der Waals surface area contributed by atoms with Crippen molar-refractivity contribution >= 4 is 5.97 Å². The Morgan fingerprint density at radius 2 is 2.00 bits per heavy atom. The van der Waals surface area contributed by atoms with E-state index in [0.29, 0.717) is 0 Å². The Labute approximate surface area is 45.7 Å². The minimum Gasteiger partial charge on any atom is -0.480 e. The number of carbonyl (C=O) groups is 1. The van der Waals surface area contributed by atoms with Crippen LogP contribution in [0.3, 0.4) is 0 Å². The molecule has 0 rings (SSSR count). The fourth-order valence-electron chi connectivity index (χ4n) is 0.0988. The van der Waals surface area contributed by atoms with Crippen molar-refractivity contribution in [3.05, 3.63) is 0 Å². The smallest absolute Gasteiger partial charge is 0.325 e. The normalized spacial score (nSPS) is 14.0. The summed E-state index contributed by atoms with van der Waals surface area (Å²) in [5, 5.41) is 23.6. The maximum absolute atomic E-state index is 9.78. The van der Waals surface area contributed by atoms with Gasteiger partial charge < -0.3 is 5.11 Å². The predicted octanol–water partition coefficient (Wildman–Crippen LogP) is -0.460. The Bertz CT molecular complexity index is 91.3. The summed E-state index contributed by atoms with van der Waals surface area (Å²) < 4.78 is 0. The van der Waals surface area contributed by atoms with E-state index in [4.69, 9.17) is 15.5 Å². The Balaban J connectivity index is 3.64. The first kappa shape index (κ1) is 7.35. The minimum atomic E-state index is -1.28. The molecule has 0 radical (unpaired) electrons. The summed E-state index contributed by atoms with van der Waals surface area (Å²) in [6.45, 7) is 1.14.